The van der Waals surface area contributed by atoms with Crippen LogP contribution in [0.1, 0.15) is 18.1 Å². The van der Waals surface area contributed by atoms with E-state index in [0.29, 0.717) is 9.23 Å². The van der Waals surface area contributed by atoms with Crippen LogP contribution in [0, 0.1) is 6.92 Å². The van der Waals surface area contributed by atoms with Gasteiger partial charge in [-0.3, -0.25) is 14.5 Å². The third-order valence-electron chi connectivity index (χ3n) is 5.31. The van der Waals surface area contributed by atoms with Gasteiger partial charge in [-0.25, -0.2) is 0 Å². The van der Waals surface area contributed by atoms with Crippen molar-refractivity contribution in [3.63, 3.8) is 0 Å². The number of anilines is 1. The summed E-state index contributed by atoms with van der Waals surface area (Å²) in [6, 6.07) is 24.9. The smallest absolute Gasteiger partial charge is 0.266 e. The van der Waals surface area contributed by atoms with Crippen LogP contribution in [-0.2, 0) is 9.59 Å². The number of carbonyl (C=O) groups excluding carboxylic acids is 2. The quantitative estimate of drug-likeness (QED) is 0.383. The molecular weight excluding hydrogens is 436 g/mol. The summed E-state index contributed by atoms with van der Waals surface area (Å²) in [4.78, 5) is 27.7. The number of nitrogens with one attached hydrogen (secondary N) is 1. The first-order valence-electron chi connectivity index (χ1n) is 10.2. The number of para-hydroxylation sites is 1. The molecule has 2 amide bonds. The van der Waals surface area contributed by atoms with Gasteiger partial charge >= 0.3 is 0 Å². The number of amides is 2. The molecule has 4 nitrogen and oxygen atoms in total. The van der Waals surface area contributed by atoms with Crippen LogP contribution in [0.4, 0.5) is 5.69 Å². The van der Waals surface area contributed by atoms with Crippen molar-refractivity contribution >= 4 is 51.9 Å². The van der Waals surface area contributed by atoms with Crippen molar-refractivity contribution in [2.45, 2.75) is 19.9 Å². The molecule has 0 spiro atoms. The topological polar surface area (TPSA) is 49.4 Å². The van der Waals surface area contributed by atoms with E-state index in [4.69, 9.17) is 12.2 Å². The minimum Gasteiger partial charge on any atom is -0.324 e. The predicted molar refractivity (Wildman–Crippen MR) is 136 cm³/mol. The van der Waals surface area contributed by atoms with Crippen LogP contribution in [0.3, 0.4) is 0 Å². The fraction of sp³-hybridized carbons (Fsp3) is 0.115. The average molecular weight is 459 g/mol. The van der Waals surface area contributed by atoms with Gasteiger partial charge in [0, 0.05) is 5.69 Å². The van der Waals surface area contributed by atoms with E-state index in [1.807, 2.05) is 79.7 Å². The maximum Gasteiger partial charge on any atom is 0.266 e. The number of hydrogen-bond acceptors (Lipinski definition) is 4. The second-order valence-corrected chi connectivity index (χ2v) is 9.20. The number of hydrogen-bond donors (Lipinski definition) is 1. The van der Waals surface area contributed by atoms with Crippen molar-refractivity contribution in [2.75, 3.05) is 5.32 Å². The van der Waals surface area contributed by atoms with E-state index in [-0.39, 0.29) is 11.8 Å². The second kappa shape index (κ2) is 9.51. The molecule has 32 heavy (non-hydrogen) atoms. The molecule has 0 radical (unpaired) electrons. The van der Waals surface area contributed by atoms with Gasteiger partial charge in [0.2, 0.25) is 5.91 Å². The third kappa shape index (κ3) is 4.66. The number of nitrogens with zero attached hydrogens (tertiary/aromatic N) is 1. The van der Waals surface area contributed by atoms with Crippen molar-refractivity contribution in [2.24, 2.45) is 0 Å². The predicted octanol–water partition coefficient (Wildman–Crippen LogP) is 5.89. The summed E-state index contributed by atoms with van der Waals surface area (Å²) < 4.78 is 0.384. The lowest BCUT2D eigenvalue weighted by Crippen LogP contribution is -2.44. The van der Waals surface area contributed by atoms with E-state index in [1.54, 1.807) is 6.92 Å². The number of carbonyl (C=O) groups is 2. The fourth-order valence-corrected chi connectivity index (χ4v) is 4.85. The molecule has 3 aromatic rings. The van der Waals surface area contributed by atoms with Crippen molar-refractivity contribution in [1.29, 1.82) is 0 Å². The van der Waals surface area contributed by atoms with Crippen LogP contribution in [0.25, 0.3) is 17.2 Å². The number of thioether (sulfide) groups is 1. The van der Waals surface area contributed by atoms with E-state index < -0.39 is 6.04 Å². The Hall–Kier alpha value is -3.22. The maximum absolute atomic E-state index is 13.0. The van der Waals surface area contributed by atoms with Gasteiger partial charge < -0.3 is 5.32 Å². The summed E-state index contributed by atoms with van der Waals surface area (Å²) >= 11 is 6.65. The highest BCUT2D eigenvalue weighted by Crippen LogP contribution is 2.34. The van der Waals surface area contributed by atoms with E-state index in [0.717, 1.165) is 27.9 Å². The average Bonchev–Trinajstić information content (AvgIpc) is 3.08. The van der Waals surface area contributed by atoms with Crippen molar-refractivity contribution in [3.05, 3.63) is 94.9 Å². The Morgan fingerprint density at radius 2 is 1.59 bits per heavy atom. The van der Waals surface area contributed by atoms with E-state index in [2.05, 4.69) is 17.4 Å². The zero-order valence-electron chi connectivity index (χ0n) is 17.7. The Labute approximate surface area is 197 Å². The van der Waals surface area contributed by atoms with Gasteiger partial charge in [-0.2, -0.15) is 0 Å². The number of aryl methyl sites for hydroxylation is 1. The fourth-order valence-electron chi connectivity index (χ4n) is 3.44. The Morgan fingerprint density at radius 1 is 0.969 bits per heavy atom. The monoisotopic (exact) mass is 458 g/mol. The number of benzene rings is 3. The molecule has 1 aliphatic heterocycles. The molecule has 0 saturated carbocycles. The van der Waals surface area contributed by atoms with Crippen LogP contribution in [0.2, 0.25) is 0 Å². The molecule has 1 fully saturated rings. The van der Waals surface area contributed by atoms with Gasteiger partial charge in [0.15, 0.2) is 0 Å². The summed E-state index contributed by atoms with van der Waals surface area (Å²) in [5.41, 5.74) is 4.83. The van der Waals surface area contributed by atoms with Crippen LogP contribution < -0.4 is 5.32 Å². The highest BCUT2D eigenvalue weighted by Gasteiger charge is 2.38. The largest absolute Gasteiger partial charge is 0.324 e. The highest BCUT2D eigenvalue weighted by molar-refractivity contribution is 8.26. The molecule has 6 heteroatoms. The zero-order valence-corrected chi connectivity index (χ0v) is 19.4. The van der Waals surface area contributed by atoms with Gasteiger partial charge in [-0.15, -0.1) is 0 Å². The molecule has 1 atom stereocenters. The van der Waals surface area contributed by atoms with E-state index in [1.165, 1.54) is 16.7 Å². The first kappa shape index (κ1) is 22.0. The first-order chi connectivity index (χ1) is 15.4. The second-order valence-electron chi connectivity index (χ2n) is 7.52. The van der Waals surface area contributed by atoms with Gasteiger partial charge in [0.05, 0.1) is 4.91 Å². The summed E-state index contributed by atoms with van der Waals surface area (Å²) in [6.45, 7) is 3.61. The summed E-state index contributed by atoms with van der Waals surface area (Å²) in [6.07, 6.45) is 1.82. The Bertz CT molecular complexity index is 1200. The number of rotatable bonds is 5. The lowest BCUT2D eigenvalue weighted by molar-refractivity contribution is -0.129. The standard InChI is InChI=1S/C26H22N2O2S2/c1-17-8-6-7-11-22(17)27-24(29)18(2)28-25(30)23(32-26(28)31)16-19-12-14-21(15-13-19)20-9-4-3-5-10-20/h3-16,18H,1-2H3,(H,27,29)/b23-16-. The Morgan fingerprint density at radius 3 is 2.28 bits per heavy atom. The summed E-state index contributed by atoms with van der Waals surface area (Å²) in [7, 11) is 0. The number of thiocarbonyl (C=S) groups is 1. The molecule has 4 rings (SSSR count). The minimum atomic E-state index is -0.714. The maximum atomic E-state index is 13.0. The van der Waals surface area contributed by atoms with Crippen molar-refractivity contribution < 1.29 is 9.59 Å². The Balaban J connectivity index is 1.49. The van der Waals surface area contributed by atoms with Crippen LogP contribution >= 0.6 is 24.0 Å². The normalized spacial score (nSPS) is 15.8. The minimum absolute atomic E-state index is 0.250. The van der Waals surface area contributed by atoms with Gasteiger partial charge in [0.1, 0.15) is 10.4 Å². The Kier molecular flexibility index (Phi) is 6.53. The molecule has 3 aromatic carbocycles. The molecule has 0 aromatic heterocycles. The summed E-state index contributed by atoms with van der Waals surface area (Å²) in [5, 5.41) is 2.89. The molecule has 0 aliphatic carbocycles. The molecule has 1 unspecified atom stereocenters. The van der Waals surface area contributed by atoms with E-state index in [9.17, 15) is 9.59 Å². The molecule has 1 N–H and O–H groups in total. The van der Waals surface area contributed by atoms with Crippen molar-refractivity contribution in [3.8, 4) is 11.1 Å². The van der Waals surface area contributed by atoms with Crippen molar-refractivity contribution in [1.82, 2.24) is 4.90 Å². The molecule has 1 aliphatic rings. The molecule has 1 heterocycles. The van der Waals surface area contributed by atoms with Gasteiger partial charge in [-0.1, -0.05) is 96.8 Å². The molecule has 1 saturated heterocycles. The molecule has 0 bridgehead atoms. The molecular formula is C26H22N2O2S2. The zero-order chi connectivity index (χ0) is 22.7. The SMILES string of the molecule is Cc1ccccc1NC(=O)C(C)N1C(=O)/C(=C/c2ccc(-c3ccccc3)cc2)SC1=S. The lowest BCUT2D eigenvalue weighted by atomic mass is 10.0. The van der Waals surface area contributed by atoms with Gasteiger partial charge in [-0.05, 0) is 48.2 Å². The van der Waals surface area contributed by atoms with Crippen LogP contribution in [0.15, 0.2) is 83.8 Å². The highest BCUT2D eigenvalue weighted by atomic mass is 32.2. The van der Waals surface area contributed by atoms with Crippen LogP contribution in [-0.4, -0.2) is 27.1 Å². The molecule has 160 valence electrons. The first-order valence-corrected chi connectivity index (χ1v) is 11.5. The lowest BCUT2D eigenvalue weighted by Gasteiger charge is -2.22. The summed E-state index contributed by atoms with van der Waals surface area (Å²) in [5.74, 6) is -0.524. The van der Waals surface area contributed by atoms with E-state index >= 15 is 0 Å². The third-order valence-corrected chi connectivity index (χ3v) is 6.64. The van der Waals surface area contributed by atoms with Gasteiger partial charge in [0.25, 0.3) is 5.91 Å². The van der Waals surface area contributed by atoms with Crippen LogP contribution in [0.5, 0.6) is 0 Å².